The highest BCUT2D eigenvalue weighted by atomic mass is 19.1. The SMILES string of the molecule is N/C(=C\N(N)CC(=O)N1C[C@H](F)C[C@H]1C(=O)N[C@@H](c1ccccc1)c1ccc(C2CC2)c(F)n1)OCCOCCO/C(N)=C/N(N)CC(=O)N1C[C@H](F)C[C@H]1C(=O)N[C@@H](c1ccccc1)c1ccc(C2CC2)c(F)n1. The molecule has 0 radical (unpaired) electrons. The van der Waals surface area contributed by atoms with Crippen LogP contribution < -0.4 is 33.8 Å². The van der Waals surface area contributed by atoms with Gasteiger partial charge in [-0.2, -0.15) is 8.78 Å². The molecule has 4 fully saturated rings. The first kappa shape index (κ1) is 53.8. The van der Waals surface area contributed by atoms with Crippen LogP contribution in [0.5, 0.6) is 0 Å². The Hall–Kier alpha value is -7.50. The summed E-state index contributed by atoms with van der Waals surface area (Å²) in [4.78, 5) is 64.8. The molecule has 23 heteroatoms. The van der Waals surface area contributed by atoms with Crippen LogP contribution in [-0.4, -0.2) is 130 Å². The van der Waals surface area contributed by atoms with E-state index >= 15 is 8.78 Å². The number of carbonyl (C=O) groups is 4. The highest BCUT2D eigenvalue weighted by Crippen LogP contribution is 2.42. The smallest absolute Gasteiger partial charge is 0.244 e. The van der Waals surface area contributed by atoms with Gasteiger partial charge in [0.2, 0.25) is 47.3 Å². The molecule has 0 bridgehead atoms. The minimum absolute atomic E-state index is 0.0358. The first-order valence-corrected chi connectivity index (χ1v) is 24.8. The number of benzene rings is 2. The van der Waals surface area contributed by atoms with Crippen LogP contribution in [0.4, 0.5) is 17.6 Å². The van der Waals surface area contributed by atoms with Gasteiger partial charge in [-0.05, 0) is 60.8 Å². The van der Waals surface area contributed by atoms with Crippen LogP contribution in [0, 0.1) is 11.9 Å². The van der Waals surface area contributed by atoms with Gasteiger partial charge in [-0.15, -0.1) is 0 Å². The number of nitrogens with one attached hydrogen (secondary N) is 2. The maximum atomic E-state index is 15.0. The summed E-state index contributed by atoms with van der Waals surface area (Å²) < 4.78 is 76.1. The van der Waals surface area contributed by atoms with Crippen molar-refractivity contribution in [2.75, 3.05) is 52.6 Å². The molecule has 400 valence electrons. The van der Waals surface area contributed by atoms with Crippen molar-refractivity contribution >= 4 is 23.6 Å². The topological polar surface area (TPSA) is 263 Å². The summed E-state index contributed by atoms with van der Waals surface area (Å²) in [6.07, 6.45) is 2.38. The van der Waals surface area contributed by atoms with Gasteiger partial charge in [-0.3, -0.25) is 19.2 Å². The molecule has 0 unspecified atom stereocenters. The van der Waals surface area contributed by atoms with Crippen molar-refractivity contribution in [1.29, 1.82) is 0 Å². The van der Waals surface area contributed by atoms with Crippen molar-refractivity contribution in [3.63, 3.8) is 0 Å². The number of pyridine rings is 2. The lowest BCUT2D eigenvalue weighted by Crippen LogP contribution is -2.50. The highest BCUT2D eigenvalue weighted by molar-refractivity contribution is 5.90. The molecule has 2 aliphatic heterocycles. The van der Waals surface area contributed by atoms with Crippen molar-refractivity contribution in [2.24, 2.45) is 23.2 Å². The molecule has 4 heterocycles. The number of carbonyl (C=O) groups excluding carboxylic acids is 4. The van der Waals surface area contributed by atoms with Gasteiger partial charge >= 0.3 is 0 Å². The summed E-state index contributed by atoms with van der Waals surface area (Å²) in [5, 5.41) is 7.60. The first-order chi connectivity index (χ1) is 36.1. The van der Waals surface area contributed by atoms with E-state index in [1.807, 2.05) is 0 Å². The van der Waals surface area contributed by atoms with E-state index in [0.717, 1.165) is 57.9 Å². The average Bonchev–Trinajstić information content (AvgIpc) is 4.33. The maximum Gasteiger partial charge on any atom is 0.244 e. The Balaban J connectivity index is 0.741. The number of hydrogen-bond donors (Lipinski definition) is 6. The first-order valence-electron chi connectivity index (χ1n) is 24.8. The van der Waals surface area contributed by atoms with Crippen LogP contribution in [0.15, 0.2) is 109 Å². The lowest BCUT2D eigenvalue weighted by Gasteiger charge is -2.27. The van der Waals surface area contributed by atoms with E-state index in [-0.39, 0.29) is 87.3 Å². The van der Waals surface area contributed by atoms with Crippen molar-refractivity contribution in [3.8, 4) is 0 Å². The summed E-state index contributed by atoms with van der Waals surface area (Å²) in [7, 11) is 0. The Morgan fingerprint density at radius 2 is 1.00 bits per heavy atom. The second kappa shape index (κ2) is 24.7. The molecule has 8 rings (SSSR count). The lowest BCUT2D eigenvalue weighted by molar-refractivity contribution is -0.139. The van der Waals surface area contributed by atoms with Gasteiger partial charge in [-0.1, -0.05) is 72.8 Å². The number of alkyl halides is 2. The molecule has 2 aromatic carbocycles. The Morgan fingerprint density at radius 3 is 1.36 bits per heavy atom. The number of rotatable bonds is 24. The van der Waals surface area contributed by atoms with Gasteiger partial charge in [-0.25, -0.2) is 30.4 Å². The summed E-state index contributed by atoms with van der Waals surface area (Å²) >= 11 is 0. The number of ether oxygens (including phenoxy) is 3. The molecule has 6 atom stereocenters. The lowest BCUT2D eigenvalue weighted by atomic mass is 10.0. The van der Waals surface area contributed by atoms with Crippen LogP contribution in [-0.2, 0) is 33.4 Å². The van der Waals surface area contributed by atoms with E-state index in [0.29, 0.717) is 22.3 Å². The van der Waals surface area contributed by atoms with E-state index in [4.69, 9.17) is 37.4 Å². The number of nitrogens with two attached hydrogens (primary N) is 4. The molecule has 2 saturated heterocycles. The third kappa shape index (κ3) is 14.4. The zero-order valence-corrected chi connectivity index (χ0v) is 41.1. The molecule has 4 aliphatic rings. The fourth-order valence-corrected chi connectivity index (χ4v) is 9.20. The average molecular weight is 1040 g/mol. The second-order valence-electron chi connectivity index (χ2n) is 19.0. The third-order valence-electron chi connectivity index (χ3n) is 13.2. The Kier molecular flexibility index (Phi) is 17.7. The number of likely N-dealkylation sites (tertiary alicyclic amines) is 2. The molecule has 75 heavy (non-hydrogen) atoms. The Labute approximate surface area is 431 Å². The van der Waals surface area contributed by atoms with E-state index < -0.39 is 85.1 Å². The molecule has 10 N–H and O–H groups in total. The summed E-state index contributed by atoms with van der Waals surface area (Å²) in [5.74, 6) is 8.20. The highest BCUT2D eigenvalue weighted by Gasteiger charge is 2.43. The predicted octanol–water partition coefficient (Wildman–Crippen LogP) is 3.42. The molecule has 2 aliphatic carbocycles. The largest absolute Gasteiger partial charge is 0.476 e. The maximum absolute atomic E-state index is 15.0. The molecular weight excluding hydrogens is 981 g/mol. The molecule has 2 saturated carbocycles. The van der Waals surface area contributed by atoms with Crippen LogP contribution >= 0.6 is 0 Å². The van der Waals surface area contributed by atoms with Gasteiger partial charge in [0, 0.05) is 24.0 Å². The normalized spacial score (nSPS) is 20.6. The number of hydrogen-bond acceptors (Lipinski definition) is 15. The Morgan fingerprint density at radius 1 is 0.613 bits per heavy atom. The minimum Gasteiger partial charge on any atom is -0.476 e. The van der Waals surface area contributed by atoms with E-state index in [9.17, 15) is 28.0 Å². The number of nitrogens with zero attached hydrogens (tertiary/aromatic N) is 6. The van der Waals surface area contributed by atoms with Crippen molar-refractivity contribution in [1.82, 2.24) is 40.4 Å². The van der Waals surface area contributed by atoms with E-state index in [2.05, 4.69) is 20.6 Å². The standard InChI is InChI=1S/C52H62F4N12O7/c53-35-23-41(51(71)63-47(33-7-3-1-4-8-33)39-17-15-37(31-11-12-31)49(55)61-39)67(25-35)45(69)29-65(59)27-43(57)74-21-19-73-20-22-75-44(58)28-66(60)30-46(70)68-26-36(54)24-42(68)52(72)64-48(34-9-5-2-6-10-34)40-18-16-38(32-13-14-32)50(56)62-40/h1-10,15-18,27-28,31-32,35-36,41-42,47-48H,11-14,19-26,29-30,57-60H2,(H,63,71)(H,64,72)/b43-27+,44-28+/t35-,36-,41+,42+,47+,48+/m1/s1. The Bertz CT molecular complexity index is 2520. The molecule has 4 amide bonds. The number of aromatic nitrogens is 2. The van der Waals surface area contributed by atoms with Gasteiger partial charge in [0.15, 0.2) is 0 Å². The molecule has 19 nitrogen and oxygen atoms in total. The van der Waals surface area contributed by atoms with Crippen molar-refractivity contribution in [2.45, 2.75) is 86.9 Å². The fourth-order valence-electron chi connectivity index (χ4n) is 9.20. The summed E-state index contributed by atoms with van der Waals surface area (Å²) in [6.45, 7) is -1.64. The second-order valence-corrected chi connectivity index (χ2v) is 19.0. The predicted molar refractivity (Wildman–Crippen MR) is 264 cm³/mol. The molecular formula is C52H62F4N12O7. The number of halogens is 4. The zero-order chi connectivity index (χ0) is 53.2. The number of amides is 4. The van der Waals surface area contributed by atoms with Crippen molar-refractivity contribution < 1.29 is 51.0 Å². The minimum atomic E-state index is -1.48. The summed E-state index contributed by atoms with van der Waals surface area (Å²) in [5.41, 5.74) is 14.7. The van der Waals surface area contributed by atoms with E-state index in [1.165, 1.54) is 0 Å². The molecule has 0 spiro atoms. The van der Waals surface area contributed by atoms with Crippen molar-refractivity contribution in [3.05, 3.63) is 155 Å². The van der Waals surface area contributed by atoms with Gasteiger partial charge in [0.1, 0.15) is 50.7 Å². The quantitative estimate of drug-likeness (QED) is 0.0147. The van der Waals surface area contributed by atoms with E-state index in [1.54, 1.807) is 84.9 Å². The fraction of sp³-hybridized carbons (Fsp3) is 0.423. The molecule has 4 aromatic rings. The number of hydrazine groups is 2. The van der Waals surface area contributed by atoms with Crippen LogP contribution in [0.3, 0.4) is 0 Å². The van der Waals surface area contributed by atoms with Gasteiger partial charge in [0.05, 0.1) is 62.2 Å². The molecule has 2 aromatic heterocycles. The summed E-state index contributed by atoms with van der Waals surface area (Å²) in [6, 6.07) is 20.3. The van der Waals surface area contributed by atoms with Crippen LogP contribution in [0.2, 0.25) is 0 Å². The van der Waals surface area contributed by atoms with Crippen LogP contribution in [0.1, 0.15) is 96.1 Å². The van der Waals surface area contributed by atoms with Gasteiger partial charge < -0.3 is 56.1 Å². The van der Waals surface area contributed by atoms with Crippen LogP contribution in [0.25, 0.3) is 0 Å². The third-order valence-corrected chi connectivity index (χ3v) is 13.2. The monoisotopic (exact) mass is 1040 g/mol. The van der Waals surface area contributed by atoms with Gasteiger partial charge in [0.25, 0.3) is 0 Å². The zero-order valence-electron chi connectivity index (χ0n) is 41.1.